The lowest BCUT2D eigenvalue weighted by atomic mass is 9.93. The summed E-state index contributed by atoms with van der Waals surface area (Å²) in [5.41, 5.74) is 3.04. The fourth-order valence-electron chi connectivity index (χ4n) is 4.61. The molecular formula is C26H25F2N3OS. The second kappa shape index (κ2) is 9.53. The highest BCUT2D eigenvalue weighted by atomic mass is 32.1. The number of nitrogens with one attached hydrogen (secondary N) is 1. The van der Waals surface area contributed by atoms with Crippen molar-refractivity contribution in [3.63, 3.8) is 0 Å². The fourth-order valence-corrected chi connectivity index (χ4v) is 5.87. The number of halogens is 2. The summed E-state index contributed by atoms with van der Waals surface area (Å²) in [6.45, 7) is 1.06. The van der Waals surface area contributed by atoms with Crippen LogP contribution in [0, 0.1) is 11.6 Å². The van der Waals surface area contributed by atoms with Crippen LogP contribution in [-0.2, 0) is 32.4 Å². The van der Waals surface area contributed by atoms with Crippen molar-refractivity contribution in [2.45, 2.75) is 51.2 Å². The summed E-state index contributed by atoms with van der Waals surface area (Å²) >= 11 is 1.59. The summed E-state index contributed by atoms with van der Waals surface area (Å²) in [7, 11) is 0. The molecule has 1 aliphatic carbocycles. The van der Waals surface area contributed by atoms with E-state index in [-0.39, 0.29) is 11.6 Å². The highest BCUT2D eigenvalue weighted by Gasteiger charge is 2.25. The highest BCUT2D eigenvalue weighted by molar-refractivity contribution is 7.18. The lowest BCUT2D eigenvalue weighted by molar-refractivity contribution is 0.460. The fraction of sp³-hybridized carbons (Fsp3) is 0.308. The van der Waals surface area contributed by atoms with E-state index in [1.54, 1.807) is 22.2 Å². The smallest absolute Gasteiger partial charge is 0.262 e. The molecule has 7 heteroatoms. The number of hydrogen-bond acceptors (Lipinski definition) is 4. The van der Waals surface area contributed by atoms with E-state index in [0.29, 0.717) is 18.7 Å². The third-order valence-corrected chi connectivity index (χ3v) is 7.42. The van der Waals surface area contributed by atoms with Gasteiger partial charge in [-0.1, -0.05) is 30.3 Å². The predicted octanol–water partition coefficient (Wildman–Crippen LogP) is 5.02. The number of aryl methyl sites for hydroxylation is 3. The van der Waals surface area contributed by atoms with Crippen molar-refractivity contribution in [2.75, 3.05) is 0 Å². The molecule has 0 saturated heterocycles. The van der Waals surface area contributed by atoms with E-state index in [4.69, 9.17) is 0 Å². The molecule has 1 N–H and O–H groups in total. The highest BCUT2D eigenvalue weighted by Crippen LogP contribution is 2.33. The van der Waals surface area contributed by atoms with Crippen LogP contribution in [-0.4, -0.2) is 15.6 Å². The normalized spacial score (nSPS) is 15.6. The van der Waals surface area contributed by atoms with Crippen LogP contribution in [0.15, 0.2) is 59.7 Å². The van der Waals surface area contributed by atoms with Crippen LogP contribution in [0.5, 0.6) is 0 Å². The second-order valence-corrected chi connectivity index (χ2v) is 9.70. The van der Waals surface area contributed by atoms with Crippen molar-refractivity contribution in [3.05, 3.63) is 98.4 Å². The van der Waals surface area contributed by atoms with Gasteiger partial charge in [0.1, 0.15) is 16.5 Å². The van der Waals surface area contributed by atoms with Gasteiger partial charge in [-0.2, -0.15) is 0 Å². The average Bonchev–Trinajstić information content (AvgIpc) is 3.18. The van der Waals surface area contributed by atoms with Crippen molar-refractivity contribution >= 4 is 21.6 Å². The molecule has 0 radical (unpaired) electrons. The monoisotopic (exact) mass is 465 g/mol. The van der Waals surface area contributed by atoms with Crippen LogP contribution in [0.2, 0.25) is 0 Å². The molecule has 1 atom stereocenters. The van der Waals surface area contributed by atoms with Crippen LogP contribution >= 0.6 is 11.3 Å². The van der Waals surface area contributed by atoms with Crippen LogP contribution in [0.4, 0.5) is 8.78 Å². The molecule has 0 bridgehead atoms. The summed E-state index contributed by atoms with van der Waals surface area (Å²) < 4.78 is 28.6. The summed E-state index contributed by atoms with van der Waals surface area (Å²) in [6.07, 6.45) is 5.95. The topological polar surface area (TPSA) is 46.9 Å². The van der Waals surface area contributed by atoms with E-state index >= 15 is 0 Å². The molecule has 170 valence electrons. The maximum Gasteiger partial charge on any atom is 0.262 e. The van der Waals surface area contributed by atoms with E-state index < -0.39 is 11.6 Å². The van der Waals surface area contributed by atoms with Crippen molar-refractivity contribution in [2.24, 2.45) is 0 Å². The summed E-state index contributed by atoms with van der Waals surface area (Å²) in [5, 5.41) is 4.18. The molecule has 4 nitrogen and oxygen atoms in total. The molecular weight excluding hydrogens is 440 g/mol. The Morgan fingerprint density at radius 3 is 2.67 bits per heavy atom. The largest absolute Gasteiger partial charge is 0.310 e. The van der Waals surface area contributed by atoms with Crippen molar-refractivity contribution < 1.29 is 8.78 Å². The van der Waals surface area contributed by atoms with Crippen LogP contribution < -0.4 is 10.9 Å². The minimum absolute atomic E-state index is 0.0483. The quantitative estimate of drug-likeness (QED) is 0.417. The lowest BCUT2D eigenvalue weighted by Gasteiger charge is -2.23. The number of hydrogen-bond donors (Lipinski definition) is 1. The van der Waals surface area contributed by atoms with Crippen molar-refractivity contribution in [3.8, 4) is 0 Å². The third-order valence-electron chi connectivity index (χ3n) is 6.26. The Kier molecular flexibility index (Phi) is 6.33. The number of benzene rings is 2. The molecule has 0 amide bonds. The molecule has 4 aromatic rings. The van der Waals surface area contributed by atoms with Gasteiger partial charge in [-0.3, -0.25) is 9.36 Å². The standard InChI is InChI=1S/C26H25F2N3OS/c27-19-11-18(12-20(28)13-19)15-29-21-8-9-22-23(14-21)33-25-24(22)26(32)31(16-30-25)10-4-7-17-5-2-1-3-6-17/h1-3,5-6,11-13,16,21,29H,4,7-10,14-15H2. The van der Waals surface area contributed by atoms with Gasteiger partial charge in [-0.15, -0.1) is 11.3 Å². The Morgan fingerprint density at radius 1 is 1.09 bits per heavy atom. The van der Waals surface area contributed by atoms with Gasteiger partial charge in [-0.25, -0.2) is 13.8 Å². The van der Waals surface area contributed by atoms with Crippen molar-refractivity contribution in [1.29, 1.82) is 0 Å². The maximum atomic E-state index is 13.4. The molecule has 0 fully saturated rings. The van der Waals surface area contributed by atoms with Gasteiger partial charge >= 0.3 is 0 Å². The third kappa shape index (κ3) is 4.89. The zero-order valence-corrected chi connectivity index (χ0v) is 19.0. The molecule has 5 rings (SSSR count). The van der Waals surface area contributed by atoms with Gasteiger partial charge in [0.25, 0.3) is 5.56 Å². The molecule has 2 heterocycles. The minimum atomic E-state index is -0.562. The van der Waals surface area contributed by atoms with Gasteiger partial charge in [-0.05, 0) is 60.9 Å². The lowest BCUT2D eigenvalue weighted by Crippen LogP contribution is -2.34. The Bertz CT molecular complexity index is 1310. The number of rotatable bonds is 7. The van der Waals surface area contributed by atoms with Gasteiger partial charge in [0.05, 0.1) is 11.7 Å². The Hall–Kier alpha value is -2.90. The average molecular weight is 466 g/mol. The van der Waals surface area contributed by atoms with Gasteiger partial charge in [0.2, 0.25) is 0 Å². The van der Waals surface area contributed by atoms with E-state index in [9.17, 15) is 13.6 Å². The molecule has 2 aromatic carbocycles. The predicted molar refractivity (Wildman–Crippen MR) is 128 cm³/mol. The van der Waals surface area contributed by atoms with Crippen molar-refractivity contribution in [1.82, 2.24) is 14.9 Å². The van der Waals surface area contributed by atoms with Crippen LogP contribution in [0.1, 0.15) is 34.4 Å². The molecule has 33 heavy (non-hydrogen) atoms. The molecule has 1 aliphatic rings. The van der Waals surface area contributed by atoms with E-state index in [0.717, 1.165) is 54.0 Å². The minimum Gasteiger partial charge on any atom is -0.310 e. The van der Waals surface area contributed by atoms with E-state index in [1.807, 2.05) is 18.2 Å². The summed E-state index contributed by atoms with van der Waals surface area (Å²) in [6, 6.07) is 14.1. The first-order valence-electron chi connectivity index (χ1n) is 11.3. The summed E-state index contributed by atoms with van der Waals surface area (Å²) in [5.74, 6) is -1.12. The number of aromatic nitrogens is 2. The molecule has 0 saturated carbocycles. The SMILES string of the molecule is O=c1c2c3c(sc2ncn1CCCc1ccccc1)CC(NCc1cc(F)cc(F)c1)CC3. The van der Waals surface area contributed by atoms with Gasteiger partial charge in [0.15, 0.2) is 0 Å². The number of fused-ring (bicyclic) bond motifs is 3. The van der Waals surface area contributed by atoms with Gasteiger partial charge in [0, 0.05) is 30.1 Å². The Labute approximate surface area is 194 Å². The number of thiophene rings is 1. The first kappa shape index (κ1) is 21.9. The Balaban J connectivity index is 1.27. The van der Waals surface area contributed by atoms with Crippen LogP contribution in [0.25, 0.3) is 10.2 Å². The van der Waals surface area contributed by atoms with Gasteiger partial charge < -0.3 is 5.32 Å². The van der Waals surface area contributed by atoms with E-state index in [1.165, 1.54) is 22.6 Å². The molecule has 0 spiro atoms. The molecule has 1 unspecified atom stereocenters. The first-order valence-corrected chi connectivity index (χ1v) is 12.1. The van der Waals surface area contributed by atoms with Crippen LogP contribution in [0.3, 0.4) is 0 Å². The van der Waals surface area contributed by atoms with E-state index in [2.05, 4.69) is 22.4 Å². The Morgan fingerprint density at radius 2 is 1.88 bits per heavy atom. The number of nitrogens with zero attached hydrogens (tertiary/aromatic N) is 2. The second-order valence-electron chi connectivity index (χ2n) is 8.61. The zero-order valence-electron chi connectivity index (χ0n) is 18.2. The maximum absolute atomic E-state index is 13.4. The summed E-state index contributed by atoms with van der Waals surface area (Å²) in [4.78, 5) is 19.8. The molecule has 2 aromatic heterocycles. The zero-order chi connectivity index (χ0) is 22.8. The first-order chi connectivity index (χ1) is 16.1. The molecule has 0 aliphatic heterocycles.